The number of benzene rings is 1. The summed E-state index contributed by atoms with van der Waals surface area (Å²) < 4.78 is 15.5. The molecule has 1 aliphatic rings. The van der Waals surface area contributed by atoms with Crippen molar-refractivity contribution >= 4 is 34.1 Å². The number of pyridine rings is 1. The zero-order valence-electron chi connectivity index (χ0n) is 16.7. The molecule has 1 unspecified atom stereocenters. The Kier molecular flexibility index (Phi) is 4.58. The van der Waals surface area contributed by atoms with Gasteiger partial charge in [0.1, 0.15) is 5.82 Å². The predicted molar refractivity (Wildman–Crippen MR) is 115 cm³/mol. The van der Waals surface area contributed by atoms with Gasteiger partial charge in [0.15, 0.2) is 11.5 Å². The maximum Gasteiger partial charge on any atom is 0.229 e. The molecule has 1 fully saturated rings. The molecule has 0 bridgehead atoms. The minimum atomic E-state index is -0.304. The van der Waals surface area contributed by atoms with Crippen molar-refractivity contribution in [1.29, 1.82) is 0 Å². The number of hydrogen-bond donors (Lipinski definition) is 1. The monoisotopic (exact) mass is 403 g/mol. The Balaban J connectivity index is 1.42. The summed E-state index contributed by atoms with van der Waals surface area (Å²) in [5.74, 6) is 0.336. The molecule has 1 atom stereocenters. The number of fused-ring (bicyclic) bond motifs is 3. The summed E-state index contributed by atoms with van der Waals surface area (Å²) >= 11 is 0. The van der Waals surface area contributed by atoms with Crippen LogP contribution in [-0.4, -0.2) is 33.4 Å². The summed E-state index contributed by atoms with van der Waals surface area (Å²) in [6.45, 7) is 3.21. The molecule has 1 N–H and O–H groups in total. The number of aromatic nitrogens is 3. The molecule has 30 heavy (non-hydrogen) atoms. The van der Waals surface area contributed by atoms with Gasteiger partial charge < -0.3 is 14.6 Å². The third kappa shape index (κ3) is 3.26. The van der Waals surface area contributed by atoms with Crippen molar-refractivity contribution in [1.82, 2.24) is 14.4 Å². The van der Waals surface area contributed by atoms with E-state index in [9.17, 15) is 9.18 Å². The highest BCUT2D eigenvalue weighted by Gasteiger charge is 2.28. The summed E-state index contributed by atoms with van der Waals surface area (Å²) in [5.41, 5.74) is 4.02. The van der Waals surface area contributed by atoms with Crippen LogP contribution >= 0.6 is 0 Å². The normalized spacial score (nSPS) is 16.9. The number of anilines is 2. The second kappa shape index (κ2) is 7.40. The Hall–Kier alpha value is -3.48. The Labute approximate surface area is 173 Å². The summed E-state index contributed by atoms with van der Waals surface area (Å²) in [6, 6.07) is 12.4. The van der Waals surface area contributed by atoms with Crippen LogP contribution in [0.4, 0.5) is 15.9 Å². The average Bonchev–Trinajstić information content (AvgIpc) is 3.25. The van der Waals surface area contributed by atoms with Crippen LogP contribution in [0.5, 0.6) is 0 Å². The molecule has 1 amide bonds. The number of halogens is 1. The molecular formula is C23H22FN5O. The van der Waals surface area contributed by atoms with Crippen LogP contribution in [-0.2, 0) is 4.79 Å². The number of carbonyl (C=O) groups excluding carboxylic acids is 1. The van der Waals surface area contributed by atoms with E-state index in [0.29, 0.717) is 23.4 Å². The third-order valence-electron chi connectivity index (χ3n) is 5.75. The Morgan fingerprint density at radius 3 is 2.93 bits per heavy atom. The zero-order valence-corrected chi connectivity index (χ0v) is 16.7. The number of amides is 1. The van der Waals surface area contributed by atoms with Gasteiger partial charge in [-0.15, -0.1) is 0 Å². The number of rotatable bonds is 3. The number of carbonyl (C=O) groups is 1. The Morgan fingerprint density at radius 2 is 2.07 bits per heavy atom. The first-order valence-electron chi connectivity index (χ1n) is 10.1. The van der Waals surface area contributed by atoms with Gasteiger partial charge in [0.05, 0.1) is 17.0 Å². The van der Waals surface area contributed by atoms with Crippen molar-refractivity contribution in [3.63, 3.8) is 0 Å². The maximum absolute atomic E-state index is 13.4. The molecule has 0 saturated carbocycles. The number of piperidine rings is 1. The quantitative estimate of drug-likeness (QED) is 0.557. The fourth-order valence-corrected chi connectivity index (χ4v) is 4.21. The van der Waals surface area contributed by atoms with Gasteiger partial charge in [0.25, 0.3) is 0 Å². The van der Waals surface area contributed by atoms with Gasteiger partial charge in [-0.25, -0.2) is 14.4 Å². The second-order valence-corrected chi connectivity index (χ2v) is 7.78. The van der Waals surface area contributed by atoms with Crippen molar-refractivity contribution in [3.05, 3.63) is 66.2 Å². The minimum Gasteiger partial charge on any atom is -0.354 e. The average molecular weight is 403 g/mol. The van der Waals surface area contributed by atoms with Crippen molar-refractivity contribution in [2.24, 2.45) is 5.92 Å². The van der Waals surface area contributed by atoms with Crippen LogP contribution < -0.4 is 10.2 Å². The fraction of sp³-hybridized carbons (Fsp3) is 0.261. The van der Waals surface area contributed by atoms with E-state index in [1.54, 1.807) is 19.2 Å². The molecule has 0 radical (unpaired) electrons. The highest BCUT2D eigenvalue weighted by atomic mass is 19.1. The highest BCUT2D eigenvalue weighted by molar-refractivity contribution is 5.94. The smallest absolute Gasteiger partial charge is 0.229 e. The molecule has 6 nitrogen and oxygen atoms in total. The maximum atomic E-state index is 13.4. The van der Waals surface area contributed by atoms with E-state index in [-0.39, 0.29) is 17.6 Å². The van der Waals surface area contributed by atoms with Gasteiger partial charge in [-0.1, -0.05) is 0 Å². The standard InChI is InChI=1S/C23H22FN5O/c1-15-13-17(24)8-9-18(15)26-23(30)16-5-3-11-28(14-16)22-20-7-4-12-29(20)19-6-2-10-25-21(19)27-22/h2,4,6-10,12-13,16H,3,5,11,14H2,1H3,(H,26,30). The molecule has 5 rings (SSSR count). The van der Waals surface area contributed by atoms with Crippen LogP contribution in [0.3, 0.4) is 0 Å². The number of aryl methyl sites for hydroxylation is 1. The van der Waals surface area contributed by atoms with Crippen molar-refractivity contribution in [3.8, 4) is 0 Å². The molecule has 1 aliphatic heterocycles. The van der Waals surface area contributed by atoms with Crippen LogP contribution in [0.25, 0.3) is 16.7 Å². The van der Waals surface area contributed by atoms with E-state index in [1.165, 1.54) is 12.1 Å². The van der Waals surface area contributed by atoms with Crippen molar-refractivity contribution in [2.75, 3.05) is 23.3 Å². The molecule has 3 aromatic heterocycles. The van der Waals surface area contributed by atoms with Gasteiger partial charge in [-0.2, -0.15) is 0 Å². The van der Waals surface area contributed by atoms with Crippen molar-refractivity contribution in [2.45, 2.75) is 19.8 Å². The highest BCUT2D eigenvalue weighted by Crippen LogP contribution is 2.29. The number of hydrogen-bond acceptors (Lipinski definition) is 4. The molecule has 1 aromatic carbocycles. The zero-order chi connectivity index (χ0) is 20.7. The Morgan fingerprint density at radius 1 is 1.20 bits per heavy atom. The van der Waals surface area contributed by atoms with Crippen LogP contribution in [0.15, 0.2) is 54.9 Å². The van der Waals surface area contributed by atoms with E-state index in [1.807, 2.05) is 30.5 Å². The van der Waals surface area contributed by atoms with Gasteiger partial charge in [0, 0.05) is 31.2 Å². The lowest BCUT2D eigenvalue weighted by Crippen LogP contribution is -2.41. The summed E-state index contributed by atoms with van der Waals surface area (Å²) in [7, 11) is 0. The summed E-state index contributed by atoms with van der Waals surface area (Å²) in [5, 5.41) is 2.97. The van der Waals surface area contributed by atoms with E-state index >= 15 is 0 Å². The third-order valence-corrected chi connectivity index (χ3v) is 5.75. The van der Waals surface area contributed by atoms with Gasteiger partial charge in [0.2, 0.25) is 5.91 Å². The van der Waals surface area contributed by atoms with Crippen LogP contribution in [0.2, 0.25) is 0 Å². The molecule has 152 valence electrons. The molecule has 0 aliphatic carbocycles. The van der Waals surface area contributed by atoms with E-state index < -0.39 is 0 Å². The lowest BCUT2D eigenvalue weighted by molar-refractivity contribution is -0.120. The molecular weight excluding hydrogens is 381 g/mol. The van der Waals surface area contributed by atoms with E-state index in [4.69, 9.17) is 4.98 Å². The lowest BCUT2D eigenvalue weighted by Gasteiger charge is -2.33. The van der Waals surface area contributed by atoms with Crippen LogP contribution in [0, 0.1) is 18.7 Å². The van der Waals surface area contributed by atoms with Gasteiger partial charge in [-0.05, 0) is 67.8 Å². The summed E-state index contributed by atoms with van der Waals surface area (Å²) in [4.78, 5) is 24.4. The molecule has 4 aromatic rings. The lowest BCUT2D eigenvalue weighted by atomic mass is 9.96. The largest absolute Gasteiger partial charge is 0.354 e. The minimum absolute atomic E-state index is 0.0419. The molecule has 0 spiro atoms. The molecule has 4 heterocycles. The molecule has 7 heteroatoms. The SMILES string of the molecule is Cc1cc(F)ccc1NC(=O)C1CCCN(c2nc3ncccc3n3cccc23)C1. The predicted octanol–water partition coefficient (Wildman–Crippen LogP) is 4.19. The first-order chi connectivity index (χ1) is 14.6. The molecule has 1 saturated heterocycles. The number of nitrogens with zero attached hydrogens (tertiary/aromatic N) is 4. The topological polar surface area (TPSA) is 62.5 Å². The first kappa shape index (κ1) is 18.5. The number of nitrogens with one attached hydrogen (secondary N) is 1. The second-order valence-electron chi connectivity index (χ2n) is 7.78. The van der Waals surface area contributed by atoms with Crippen LogP contribution in [0.1, 0.15) is 18.4 Å². The van der Waals surface area contributed by atoms with Gasteiger partial charge in [-0.3, -0.25) is 4.79 Å². The first-order valence-corrected chi connectivity index (χ1v) is 10.1. The van der Waals surface area contributed by atoms with Crippen molar-refractivity contribution < 1.29 is 9.18 Å². The fourth-order valence-electron chi connectivity index (χ4n) is 4.21. The Bertz CT molecular complexity index is 1250. The summed E-state index contributed by atoms with van der Waals surface area (Å²) in [6.07, 6.45) is 5.46. The van der Waals surface area contributed by atoms with E-state index in [2.05, 4.69) is 19.6 Å². The van der Waals surface area contributed by atoms with Gasteiger partial charge >= 0.3 is 0 Å². The van der Waals surface area contributed by atoms with E-state index in [0.717, 1.165) is 36.2 Å².